The van der Waals surface area contributed by atoms with Crippen molar-refractivity contribution < 1.29 is 0 Å². The largest absolute Gasteiger partial charge is 0.368 e. The van der Waals surface area contributed by atoms with Crippen molar-refractivity contribution in [2.45, 2.75) is 0 Å². The monoisotopic (exact) mass is 241 g/mol. The molecular weight excluding hydrogens is 230 g/mol. The van der Waals surface area contributed by atoms with E-state index >= 15 is 0 Å². The molecule has 3 nitrogen and oxygen atoms in total. The van der Waals surface area contributed by atoms with Crippen LogP contribution < -0.4 is 10.2 Å². The van der Waals surface area contributed by atoms with Crippen molar-refractivity contribution in [1.29, 1.82) is 0 Å². The number of halogens is 1. The van der Waals surface area contributed by atoms with Gasteiger partial charge in [0.15, 0.2) is 0 Å². The van der Waals surface area contributed by atoms with E-state index in [-0.39, 0.29) is 0 Å². The molecular formula is C9H12BrN3. The summed E-state index contributed by atoms with van der Waals surface area (Å²) in [4.78, 5) is 6.41. The number of pyridine rings is 1. The van der Waals surface area contributed by atoms with Crippen molar-refractivity contribution in [3.8, 4) is 0 Å². The first-order valence-electron chi connectivity index (χ1n) is 4.43. The minimum Gasteiger partial charge on any atom is -0.368 e. The van der Waals surface area contributed by atoms with Crippen LogP contribution in [0.2, 0.25) is 0 Å². The molecule has 1 aromatic rings. The highest BCUT2D eigenvalue weighted by Crippen LogP contribution is 2.24. The highest BCUT2D eigenvalue weighted by atomic mass is 79.9. The summed E-state index contributed by atoms with van der Waals surface area (Å²) in [5, 5.41) is 3.33. The Morgan fingerprint density at radius 2 is 2.15 bits per heavy atom. The average Bonchev–Trinajstić information content (AvgIpc) is 2.20. The molecule has 0 aromatic carbocycles. The van der Waals surface area contributed by atoms with Gasteiger partial charge in [0.25, 0.3) is 0 Å². The van der Waals surface area contributed by atoms with Gasteiger partial charge in [0.2, 0.25) is 0 Å². The SMILES string of the molecule is Brc1cnccc1N1CCNCC1. The predicted molar refractivity (Wildman–Crippen MR) is 57.0 cm³/mol. The molecule has 1 aliphatic rings. The molecule has 0 aliphatic carbocycles. The van der Waals surface area contributed by atoms with E-state index in [1.54, 1.807) is 0 Å². The maximum absolute atomic E-state index is 4.05. The van der Waals surface area contributed by atoms with Crippen LogP contribution in [0, 0.1) is 0 Å². The normalized spacial score (nSPS) is 17.5. The van der Waals surface area contributed by atoms with E-state index in [9.17, 15) is 0 Å². The number of hydrogen-bond acceptors (Lipinski definition) is 3. The fraction of sp³-hybridized carbons (Fsp3) is 0.444. The molecule has 70 valence electrons. The Morgan fingerprint density at radius 3 is 2.85 bits per heavy atom. The minimum atomic E-state index is 1.06. The van der Waals surface area contributed by atoms with Crippen LogP contribution in [0.5, 0.6) is 0 Å². The first kappa shape index (κ1) is 8.97. The Labute approximate surface area is 86.3 Å². The quantitative estimate of drug-likeness (QED) is 0.803. The standard InChI is InChI=1S/C9H12BrN3/c10-8-7-12-2-1-9(8)13-5-3-11-4-6-13/h1-2,7,11H,3-6H2. The van der Waals surface area contributed by atoms with Gasteiger partial charge in [-0.3, -0.25) is 4.98 Å². The summed E-state index contributed by atoms with van der Waals surface area (Å²) < 4.78 is 1.08. The van der Waals surface area contributed by atoms with Gasteiger partial charge in [-0.1, -0.05) is 0 Å². The van der Waals surface area contributed by atoms with Gasteiger partial charge in [0.1, 0.15) is 0 Å². The molecule has 0 unspecified atom stereocenters. The third-order valence-electron chi connectivity index (χ3n) is 2.21. The second kappa shape index (κ2) is 4.07. The zero-order valence-corrected chi connectivity index (χ0v) is 8.92. The van der Waals surface area contributed by atoms with E-state index in [1.165, 1.54) is 5.69 Å². The number of aromatic nitrogens is 1. The van der Waals surface area contributed by atoms with E-state index in [4.69, 9.17) is 0 Å². The minimum absolute atomic E-state index is 1.06. The second-order valence-electron chi connectivity index (χ2n) is 3.06. The summed E-state index contributed by atoms with van der Waals surface area (Å²) in [6, 6.07) is 2.05. The third-order valence-corrected chi connectivity index (χ3v) is 2.82. The number of piperazine rings is 1. The van der Waals surface area contributed by atoms with Crippen molar-refractivity contribution in [3.05, 3.63) is 22.9 Å². The first-order chi connectivity index (χ1) is 6.38. The topological polar surface area (TPSA) is 28.2 Å². The van der Waals surface area contributed by atoms with E-state index in [2.05, 4.69) is 37.2 Å². The van der Waals surface area contributed by atoms with Crippen LogP contribution in [0.25, 0.3) is 0 Å². The molecule has 0 atom stereocenters. The predicted octanol–water partition coefficient (Wildman–Crippen LogP) is 1.25. The summed E-state index contributed by atoms with van der Waals surface area (Å²) in [7, 11) is 0. The van der Waals surface area contributed by atoms with Crippen molar-refractivity contribution in [3.63, 3.8) is 0 Å². The number of rotatable bonds is 1. The van der Waals surface area contributed by atoms with Crippen molar-refractivity contribution >= 4 is 21.6 Å². The lowest BCUT2D eigenvalue weighted by Crippen LogP contribution is -2.43. The molecule has 0 saturated carbocycles. The van der Waals surface area contributed by atoms with Gasteiger partial charge >= 0.3 is 0 Å². The van der Waals surface area contributed by atoms with Crippen LogP contribution in [-0.2, 0) is 0 Å². The Balaban J connectivity index is 2.18. The summed E-state index contributed by atoms with van der Waals surface area (Å²) in [5.41, 5.74) is 1.25. The number of hydrogen-bond donors (Lipinski definition) is 1. The zero-order chi connectivity index (χ0) is 9.10. The molecule has 13 heavy (non-hydrogen) atoms. The van der Waals surface area contributed by atoms with Crippen LogP contribution in [0.1, 0.15) is 0 Å². The van der Waals surface area contributed by atoms with Crippen molar-refractivity contribution in [1.82, 2.24) is 10.3 Å². The number of anilines is 1. The Bertz CT molecular complexity index is 284. The van der Waals surface area contributed by atoms with Gasteiger partial charge in [-0.2, -0.15) is 0 Å². The van der Waals surface area contributed by atoms with Crippen LogP contribution in [0.3, 0.4) is 0 Å². The molecule has 1 saturated heterocycles. The van der Waals surface area contributed by atoms with Gasteiger partial charge in [0, 0.05) is 38.6 Å². The fourth-order valence-corrected chi connectivity index (χ4v) is 2.03. The molecule has 0 amide bonds. The van der Waals surface area contributed by atoms with Gasteiger partial charge in [-0.05, 0) is 22.0 Å². The number of nitrogens with zero attached hydrogens (tertiary/aromatic N) is 2. The molecule has 4 heteroatoms. The smallest absolute Gasteiger partial charge is 0.0592 e. The maximum Gasteiger partial charge on any atom is 0.0592 e. The summed E-state index contributed by atoms with van der Waals surface area (Å²) in [5.74, 6) is 0. The lowest BCUT2D eigenvalue weighted by molar-refractivity contribution is 0.588. The zero-order valence-electron chi connectivity index (χ0n) is 7.33. The van der Waals surface area contributed by atoms with E-state index in [0.29, 0.717) is 0 Å². The Kier molecular flexibility index (Phi) is 2.80. The highest BCUT2D eigenvalue weighted by molar-refractivity contribution is 9.10. The molecule has 2 rings (SSSR count). The highest BCUT2D eigenvalue weighted by Gasteiger charge is 2.12. The average molecular weight is 242 g/mol. The van der Waals surface area contributed by atoms with Crippen LogP contribution in [0.4, 0.5) is 5.69 Å². The summed E-state index contributed by atoms with van der Waals surface area (Å²) in [6.07, 6.45) is 3.68. The van der Waals surface area contributed by atoms with Crippen LogP contribution in [-0.4, -0.2) is 31.2 Å². The molecule has 1 aliphatic heterocycles. The van der Waals surface area contributed by atoms with Gasteiger partial charge in [0.05, 0.1) is 10.2 Å². The fourth-order valence-electron chi connectivity index (χ4n) is 1.53. The molecule has 2 heterocycles. The second-order valence-corrected chi connectivity index (χ2v) is 3.92. The molecule has 0 bridgehead atoms. The molecule has 0 radical (unpaired) electrons. The lowest BCUT2D eigenvalue weighted by atomic mass is 10.3. The molecule has 1 aromatic heterocycles. The third kappa shape index (κ3) is 2.00. The van der Waals surface area contributed by atoms with E-state index in [1.807, 2.05) is 12.4 Å². The summed E-state index contributed by atoms with van der Waals surface area (Å²) in [6.45, 7) is 4.27. The van der Waals surface area contributed by atoms with Crippen LogP contribution >= 0.6 is 15.9 Å². The lowest BCUT2D eigenvalue weighted by Gasteiger charge is -2.29. The number of nitrogens with one attached hydrogen (secondary N) is 1. The first-order valence-corrected chi connectivity index (χ1v) is 5.22. The maximum atomic E-state index is 4.05. The molecule has 0 spiro atoms. The van der Waals surface area contributed by atoms with Crippen molar-refractivity contribution in [2.24, 2.45) is 0 Å². The Hall–Kier alpha value is -0.610. The van der Waals surface area contributed by atoms with Crippen LogP contribution in [0.15, 0.2) is 22.9 Å². The van der Waals surface area contributed by atoms with Crippen molar-refractivity contribution in [2.75, 3.05) is 31.1 Å². The Morgan fingerprint density at radius 1 is 1.38 bits per heavy atom. The molecule has 1 fully saturated rings. The van der Waals surface area contributed by atoms with E-state index < -0.39 is 0 Å². The van der Waals surface area contributed by atoms with E-state index in [0.717, 1.165) is 30.7 Å². The van der Waals surface area contributed by atoms with Gasteiger partial charge in [-0.25, -0.2) is 0 Å². The summed E-state index contributed by atoms with van der Waals surface area (Å²) >= 11 is 3.51. The molecule has 1 N–H and O–H groups in total. The van der Waals surface area contributed by atoms with Gasteiger partial charge in [-0.15, -0.1) is 0 Å². The van der Waals surface area contributed by atoms with Gasteiger partial charge < -0.3 is 10.2 Å².